The molecular weight excluding hydrogens is 340 g/mol. The second-order valence-electron chi connectivity index (χ2n) is 5.00. The van der Waals surface area contributed by atoms with E-state index in [2.05, 4.69) is 34.7 Å². The van der Waals surface area contributed by atoms with Crippen molar-refractivity contribution in [2.45, 2.75) is 18.2 Å². The summed E-state index contributed by atoms with van der Waals surface area (Å²) in [5, 5.41) is 15.5. The smallest absolute Gasteiger partial charge is 0.230 e. The topological polar surface area (TPSA) is 66.9 Å². The molecular formula is C14H17ClN4OS2. The third-order valence-electron chi connectivity index (χ3n) is 2.52. The number of aromatic nitrogens is 2. The van der Waals surface area contributed by atoms with E-state index in [1.807, 2.05) is 24.3 Å². The molecule has 2 N–H and O–H groups in total. The van der Waals surface area contributed by atoms with Gasteiger partial charge in [0.25, 0.3) is 0 Å². The molecule has 1 aromatic heterocycles. The van der Waals surface area contributed by atoms with Crippen molar-refractivity contribution in [3.8, 4) is 0 Å². The monoisotopic (exact) mass is 356 g/mol. The van der Waals surface area contributed by atoms with Crippen molar-refractivity contribution in [1.82, 2.24) is 15.5 Å². The van der Waals surface area contributed by atoms with Gasteiger partial charge >= 0.3 is 0 Å². The quantitative estimate of drug-likeness (QED) is 0.738. The Morgan fingerprint density at radius 3 is 2.95 bits per heavy atom. The highest BCUT2D eigenvalue weighted by Crippen LogP contribution is 2.28. The molecule has 0 atom stereocenters. The highest BCUT2D eigenvalue weighted by molar-refractivity contribution is 8.01. The number of rotatable bonds is 7. The van der Waals surface area contributed by atoms with Gasteiger partial charge in [-0.05, 0) is 24.1 Å². The summed E-state index contributed by atoms with van der Waals surface area (Å²) in [5.74, 6) is 0.806. The number of hydrogen-bond donors (Lipinski definition) is 2. The van der Waals surface area contributed by atoms with Gasteiger partial charge in [-0.2, -0.15) is 0 Å². The zero-order valence-electron chi connectivity index (χ0n) is 12.3. The number of anilines is 2. The molecule has 2 aromatic rings. The van der Waals surface area contributed by atoms with E-state index in [-0.39, 0.29) is 5.91 Å². The maximum atomic E-state index is 11.7. The van der Waals surface area contributed by atoms with Gasteiger partial charge in [-0.25, -0.2) is 0 Å². The van der Waals surface area contributed by atoms with Crippen molar-refractivity contribution in [2.75, 3.05) is 17.6 Å². The van der Waals surface area contributed by atoms with Gasteiger partial charge in [0.1, 0.15) is 0 Å². The fraction of sp³-hybridized carbons (Fsp3) is 0.357. The molecule has 0 radical (unpaired) electrons. The summed E-state index contributed by atoms with van der Waals surface area (Å²) in [6, 6.07) is 7.39. The molecule has 0 bridgehead atoms. The van der Waals surface area contributed by atoms with Crippen LogP contribution in [0.2, 0.25) is 5.02 Å². The molecule has 0 saturated carbocycles. The number of halogens is 1. The lowest BCUT2D eigenvalue weighted by atomic mass is 10.2. The average molecular weight is 357 g/mol. The van der Waals surface area contributed by atoms with Crippen LogP contribution in [0.15, 0.2) is 28.6 Å². The van der Waals surface area contributed by atoms with Gasteiger partial charge in [0.2, 0.25) is 11.0 Å². The van der Waals surface area contributed by atoms with Crippen molar-refractivity contribution >= 4 is 51.4 Å². The van der Waals surface area contributed by atoms with Gasteiger partial charge in [-0.1, -0.05) is 54.6 Å². The number of carbonyl (C=O) groups excluding carboxylic acids is 1. The Hall–Kier alpha value is -1.31. The van der Waals surface area contributed by atoms with Crippen LogP contribution in [0, 0.1) is 5.92 Å². The van der Waals surface area contributed by atoms with Crippen molar-refractivity contribution < 1.29 is 4.79 Å². The standard InChI is InChI=1S/C14H17ClN4OS2/c1-9(2)7-16-12(20)8-21-14-19-18-13(22-14)17-11-5-3-4-10(15)6-11/h3-6,9H,7-8H2,1-2H3,(H,16,20)(H,17,18). The summed E-state index contributed by atoms with van der Waals surface area (Å²) in [5.41, 5.74) is 0.856. The first kappa shape index (κ1) is 17.1. The lowest BCUT2D eigenvalue weighted by Gasteiger charge is -2.06. The summed E-state index contributed by atoms with van der Waals surface area (Å²) in [7, 11) is 0. The predicted octanol–water partition coefficient (Wildman–Crippen LogP) is 3.80. The summed E-state index contributed by atoms with van der Waals surface area (Å²) >= 11 is 8.72. The van der Waals surface area contributed by atoms with Crippen LogP contribution in [0.25, 0.3) is 0 Å². The average Bonchev–Trinajstić information content (AvgIpc) is 2.90. The summed E-state index contributed by atoms with van der Waals surface area (Å²) in [6.45, 7) is 4.81. The number of amides is 1. The largest absolute Gasteiger partial charge is 0.355 e. The van der Waals surface area contributed by atoms with Crippen LogP contribution in [0.3, 0.4) is 0 Å². The maximum absolute atomic E-state index is 11.7. The van der Waals surface area contributed by atoms with Crippen molar-refractivity contribution in [3.63, 3.8) is 0 Å². The molecule has 0 aliphatic rings. The van der Waals surface area contributed by atoms with Crippen molar-refractivity contribution in [3.05, 3.63) is 29.3 Å². The summed E-state index contributed by atoms with van der Waals surface area (Å²) in [6.07, 6.45) is 0. The first-order valence-electron chi connectivity index (χ1n) is 6.78. The van der Waals surface area contributed by atoms with Crippen LogP contribution in [0.1, 0.15) is 13.8 Å². The molecule has 22 heavy (non-hydrogen) atoms. The Labute approximate surface area is 142 Å². The van der Waals surface area contributed by atoms with E-state index in [4.69, 9.17) is 11.6 Å². The van der Waals surface area contributed by atoms with E-state index < -0.39 is 0 Å². The molecule has 0 saturated heterocycles. The molecule has 1 aromatic carbocycles. The molecule has 5 nitrogen and oxygen atoms in total. The van der Waals surface area contributed by atoms with E-state index in [9.17, 15) is 4.79 Å². The Morgan fingerprint density at radius 1 is 1.41 bits per heavy atom. The van der Waals surface area contributed by atoms with E-state index in [1.165, 1.54) is 23.1 Å². The highest BCUT2D eigenvalue weighted by Gasteiger charge is 2.08. The second-order valence-corrected chi connectivity index (χ2v) is 7.63. The Kier molecular flexibility index (Phi) is 6.48. The molecule has 0 aliphatic heterocycles. The lowest BCUT2D eigenvalue weighted by Crippen LogP contribution is -2.28. The van der Waals surface area contributed by atoms with E-state index in [0.717, 1.165) is 10.0 Å². The Bertz CT molecular complexity index is 633. The lowest BCUT2D eigenvalue weighted by molar-refractivity contribution is -0.118. The van der Waals surface area contributed by atoms with Gasteiger partial charge in [0.15, 0.2) is 4.34 Å². The molecule has 0 unspecified atom stereocenters. The molecule has 1 heterocycles. The van der Waals surface area contributed by atoms with Crippen LogP contribution in [0.4, 0.5) is 10.8 Å². The maximum Gasteiger partial charge on any atom is 0.230 e. The molecule has 0 fully saturated rings. The SMILES string of the molecule is CC(C)CNC(=O)CSc1nnc(Nc2cccc(Cl)c2)s1. The van der Waals surface area contributed by atoms with Gasteiger partial charge < -0.3 is 10.6 Å². The third kappa shape index (κ3) is 5.82. The molecule has 1 amide bonds. The number of thioether (sulfide) groups is 1. The van der Waals surface area contributed by atoms with Crippen LogP contribution in [-0.2, 0) is 4.79 Å². The summed E-state index contributed by atoms with van der Waals surface area (Å²) < 4.78 is 0.754. The number of benzene rings is 1. The number of hydrogen-bond acceptors (Lipinski definition) is 6. The number of nitrogens with one attached hydrogen (secondary N) is 2. The fourth-order valence-electron chi connectivity index (χ4n) is 1.50. The van der Waals surface area contributed by atoms with Gasteiger partial charge in [-0.15, -0.1) is 10.2 Å². The number of nitrogens with zero attached hydrogens (tertiary/aromatic N) is 2. The second kappa shape index (κ2) is 8.36. The van der Waals surface area contributed by atoms with Crippen LogP contribution in [-0.4, -0.2) is 28.4 Å². The fourth-order valence-corrected chi connectivity index (χ4v) is 3.30. The summed E-state index contributed by atoms with van der Waals surface area (Å²) in [4.78, 5) is 11.7. The van der Waals surface area contributed by atoms with Crippen molar-refractivity contribution in [2.24, 2.45) is 5.92 Å². The van der Waals surface area contributed by atoms with E-state index in [1.54, 1.807) is 0 Å². The normalized spacial score (nSPS) is 10.7. The Balaban J connectivity index is 1.82. The van der Waals surface area contributed by atoms with Gasteiger partial charge in [0, 0.05) is 17.3 Å². The minimum atomic E-state index is 0.0123. The number of carbonyl (C=O) groups is 1. The van der Waals surface area contributed by atoms with Crippen molar-refractivity contribution in [1.29, 1.82) is 0 Å². The first-order valence-corrected chi connectivity index (χ1v) is 8.96. The minimum absolute atomic E-state index is 0.0123. The van der Waals surface area contributed by atoms with Gasteiger partial charge in [0.05, 0.1) is 5.75 Å². The van der Waals surface area contributed by atoms with E-state index >= 15 is 0 Å². The molecule has 8 heteroatoms. The predicted molar refractivity (Wildman–Crippen MR) is 93.2 cm³/mol. The molecule has 0 aliphatic carbocycles. The van der Waals surface area contributed by atoms with E-state index in [0.29, 0.717) is 28.4 Å². The Morgan fingerprint density at radius 2 is 2.23 bits per heavy atom. The first-order chi connectivity index (χ1) is 10.5. The molecule has 0 spiro atoms. The van der Waals surface area contributed by atoms with Crippen LogP contribution < -0.4 is 10.6 Å². The van der Waals surface area contributed by atoms with Crippen LogP contribution in [0.5, 0.6) is 0 Å². The zero-order chi connectivity index (χ0) is 15.9. The zero-order valence-corrected chi connectivity index (χ0v) is 14.7. The van der Waals surface area contributed by atoms with Crippen LogP contribution >= 0.6 is 34.7 Å². The molecule has 2 rings (SSSR count). The molecule has 118 valence electrons. The van der Waals surface area contributed by atoms with Gasteiger partial charge in [-0.3, -0.25) is 4.79 Å². The highest BCUT2D eigenvalue weighted by atomic mass is 35.5. The minimum Gasteiger partial charge on any atom is -0.355 e. The third-order valence-corrected chi connectivity index (χ3v) is 4.72.